The number of hydrogen-bond donors (Lipinski definition) is 2. The molecule has 0 aliphatic rings. The number of ether oxygens (including phenoxy) is 1. The van der Waals surface area contributed by atoms with Crippen molar-refractivity contribution in [1.29, 1.82) is 0 Å². The number of methoxy groups -OCH3 is 1. The molecule has 0 aromatic heterocycles. The molecule has 0 bridgehead atoms. The van der Waals surface area contributed by atoms with Crippen LogP contribution in [0.3, 0.4) is 0 Å². The van der Waals surface area contributed by atoms with Crippen LogP contribution in [0.5, 0.6) is 5.75 Å². The second-order valence-corrected chi connectivity index (χ2v) is 4.89. The smallest absolute Gasteiger partial charge is 0.118 e. The zero-order valence-corrected chi connectivity index (χ0v) is 11.1. The first kappa shape index (κ1) is 14.0. The minimum Gasteiger partial charge on any atom is -0.497 e. The standard InChI is InChI=1S/C14H24N2O/c1-11(2)4-7-13(16-15)10-12-5-8-14(17-3)9-6-12/h5-6,8-9,11,13,16H,4,7,10,15H2,1-3H3. The first-order valence-electron chi connectivity index (χ1n) is 6.24. The van der Waals surface area contributed by atoms with Crippen molar-refractivity contribution in [3.05, 3.63) is 29.8 Å². The van der Waals surface area contributed by atoms with Crippen molar-refractivity contribution in [1.82, 2.24) is 5.43 Å². The maximum atomic E-state index is 5.59. The lowest BCUT2D eigenvalue weighted by Gasteiger charge is -2.17. The Labute approximate surface area is 104 Å². The number of rotatable bonds is 7. The fourth-order valence-electron chi connectivity index (χ4n) is 1.82. The molecular formula is C14H24N2O. The number of nitrogens with one attached hydrogen (secondary N) is 1. The van der Waals surface area contributed by atoms with E-state index in [0.717, 1.165) is 24.5 Å². The summed E-state index contributed by atoms with van der Waals surface area (Å²) >= 11 is 0. The fraction of sp³-hybridized carbons (Fsp3) is 0.571. The van der Waals surface area contributed by atoms with E-state index in [4.69, 9.17) is 10.6 Å². The first-order chi connectivity index (χ1) is 8.15. The van der Waals surface area contributed by atoms with Gasteiger partial charge in [-0.05, 0) is 42.9 Å². The van der Waals surface area contributed by atoms with Crippen LogP contribution in [0, 0.1) is 5.92 Å². The van der Waals surface area contributed by atoms with Crippen molar-refractivity contribution in [2.24, 2.45) is 11.8 Å². The van der Waals surface area contributed by atoms with Crippen LogP contribution in [0.1, 0.15) is 32.3 Å². The summed E-state index contributed by atoms with van der Waals surface area (Å²) in [6.45, 7) is 4.47. The number of benzene rings is 1. The maximum absolute atomic E-state index is 5.59. The van der Waals surface area contributed by atoms with Crippen molar-refractivity contribution in [2.45, 2.75) is 39.2 Å². The van der Waals surface area contributed by atoms with Gasteiger partial charge in [-0.3, -0.25) is 11.3 Å². The van der Waals surface area contributed by atoms with Crippen molar-refractivity contribution in [3.63, 3.8) is 0 Å². The highest BCUT2D eigenvalue weighted by atomic mass is 16.5. The lowest BCUT2D eigenvalue weighted by atomic mass is 9.98. The molecule has 1 unspecified atom stereocenters. The Bertz CT molecular complexity index is 309. The third-order valence-electron chi connectivity index (χ3n) is 2.97. The average Bonchev–Trinajstić information content (AvgIpc) is 2.35. The van der Waals surface area contributed by atoms with Crippen molar-refractivity contribution in [3.8, 4) is 5.75 Å². The molecule has 1 rings (SSSR count). The van der Waals surface area contributed by atoms with Gasteiger partial charge in [-0.1, -0.05) is 26.0 Å². The molecule has 3 heteroatoms. The Hall–Kier alpha value is -1.06. The zero-order valence-electron chi connectivity index (χ0n) is 11.1. The van der Waals surface area contributed by atoms with Gasteiger partial charge in [0.15, 0.2) is 0 Å². The summed E-state index contributed by atoms with van der Waals surface area (Å²) in [7, 11) is 1.68. The molecule has 0 radical (unpaired) electrons. The SMILES string of the molecule is COc1ccc(CC(CCC(C)C)NN)cc1. The van der Waals surface area contributed by atoms with E-state index in [1.54, 1.807) is 7.11 Å². The van der Waals surface area contributed by atoms with Crippen molar-refractivity contribution in [2.75, 3.05) is 7.11 Å². The Morgan fingerprint density at radius 3 is 2.29 bits per heavy atom. The van der Waals surface area contributed by atoms with Gasteiger partial charge in [0.2, 0.25) is 0 Å². The summed E-state index contributed by atoms with van der Waals surface area (Å²) in [5, 5.41) is 0. The van der Waals surface area contributed by atoms with Crippen LogP contribution in [0.4, 0.5) is 0 Å². The van der Waals surface area contributed by atoms with Gasteiger partial charge in [0, 0.05) is 6.04 Å². The number of nitrogens with two attached hydrogens (primary N) is 1. The predicted molar refractivity (Wildman–Crippen MR) is 71.9 cm³/mol. The molecule has 0 fully saturated rings. The van der Waals surface area contributed by atoms with E-state index >= 15 is 0 Å². The van der Waals surface area contributed by atoms with Gasteiger partial charge in [-0.25, -0.2) is 0 Å². The third kappa shape index (κ3) is 5.20. The normalized spacial score (nSPS) is 12.8. The summed E-state index contributed by atoms with van der Waals surface area (Å²) in [6, 6.07) is 8.53. The van der Waals surface area contributed by atoms with Crippen LogP contribution in [0.25, 0.3) is 0 Å². The molecule has 0 spiro atoms. The first-order valence-corrected chi connectivity index (χ1v) is 6.24. The third-order valence-corrected chi connectivity index (χ3v) is 2.97. The zero-order chi connectivity index (χ0) is 12.7. The molecule has 1 aromatic carbocycles. The molecule has 0 saturated heterocycles. The van der Waals surface area contributed by atoms with Gasteiger partial charge in [-0.2, -0.15) is 0 Å². The van der Waals surface area contributed by atoms with Crippen LogP contribution in [-0.4, -0.2) is 13.2 Å². The molecule has 0 saturated carbocycles. The molecule has 3 nitrogen and oxygen atoms in total. The van der Waals surface area contributed by atoms with Crippen LogP contribution < -0.4 is 16.0 Å². The molecule has 1 atom stereocenters. The predicted octanol–water partition coefficient (Wildman–Crippen LogP) is 2.51. The van der Waals surface area contributed by atoms with Crippen molar-refractivity contribution < 1.29 is 4.74 Å². The molecule has 17 heavy (non-hydrogen) atoms. The minimum absolute atomic E-state index is 0.353. The number of hydrogen-bond acceptors (Lipinski definition) is 3. The largest absolute Gasteiger partial charge is 0.497 e. The lowest BCUT2D eigenvalue weighted by Crippen LogP contribution is -2.36. The highest BCUT2D eigenvalue weighted by Gasteiger charge is 2.08. The Morgan fingerprint density at radius 2 is 1.82 bits per heavy atom. The molecule has 0 heterocycles. The molecule has 0 aliphatic carbocycles. The van der Waals surface area contributed by atoms with Crippen molar-refractivity contribution >= 4 is 0 Å². The van der Waals surface area contributed by atoms with Gasteiger partial charge in [0.25, 0.3) is 0 Å². The fourth-order valence-corrected chi connectivity index (χ4v) is 1.82. The van der Waals surface area contributed by atoms with E-state index in [0.29, 0.717) is 6.04 Å². The van der Waals surface area contributed by atoms with Crippen LogP contribution in [-0.2, 0) is 6.42 Å². The van der Waals surface area contributed by atoms with Crippen LogP contribution >= 0.6 is 0 Å². The molecule has 96 valence electrons. The van der Waals surface area contributed by atoms with Gasteiger partial charge in [-0.15, -0.1) is 0 Å². The number of hydrazine groups is 1. The summed E-state index contributed by atoms with van der Waals surface area (Å²) < 4.78 is 5.14. The van der Waals surface area contributed by atoms with E-state index in [1.807, 2.05) is 12.1 Å². The quantitative estimate of drug-likeness (QED) is 0.565. The topological polar surface area (TPSA) is 47.3 Å². The van der Waals surface area contributed by atoms with Gasteiger partial charge in [0.05, 0.1) is 7.11 Å². The second-order valence-electron chi connectivity index (χ2n) is 4.89. The second kappa shape index (κ2) is 7.30. The van der Waals surface area contributed by atoms with E-state index in [-0.39, 0.29) is 0 Å². The van der Waals surface area contributed by atoms with Crippen LogP contribution in [0.15, 0.2) is 24.3 Å². The van der Waals surface area contributed by atoms with Gasteiger partial charge < -0.3 is 4.74 Å². The Morgan fingerprint density at radius 1 is 1.18 bits per heavy atom. The highest BCUT2D eigenvalue weighted by molar-refractivity contribution is 5.27. The molecular weight excluding hydrogens is 212 g/mol. The maximum Gasteiger partial charge on any atom is 0.118 e. The van der Waals surface area contributed by atoms with E-state index in [9.17, 15) is 0 Å². The summed E-state index contributed by atoms with van der Waals surface area (Å²) in [6.07, 6.45) is 3.28. The molecule has 3 N–H and O–H groups in total. The molecule has 0 aliphatic heterocycles. The highest BCUT2D eigenvalue weighted by Crippen LogP contribution is 2.15. The Kier molecular flexibility index (Phi) is 6.01. The average molecular weight is 236 g/mol. The van der Waals surface area contributed by atoms with Gasteiger partial charge in [0.1, 0.15) is 5.75 Å². The summed E-state index contributed by atoms with van der Waals surface area (Å²) in [4.78, 5) is 0. The molecule has 0 amide bonds. The van der Waals surface area contributed by atoms with Crippen LogP contribution in [0.2, 0.25) is 0 Å². The summed E-state index contributed by atoms with van der Waals surface area (Å²) in [5.41, 5.74) is 4.19. The van der Waals surface area contributed by atoms with E-state index in [2.05, 4.69) is 31.4 Å². The van der Waals surface area contributed by atoms with E-state index < -0.39 is 0 Å². The summed E-state index contributed by atoms with van der Waals surface area (Å²) in [5.74, 6) is 7.21. The van der Waals surface area contributed by atoms with Gasteiger partial charge >= 0.3 is 0 Å². The Balaban J connectivity index is 2.48. The minimum atomic E-state index is 0.353. The monoisotopic (exact) mass is 236 g/mol. The van der Waals surface area contributed by atoms with E-state index in [1.165, 1.54) is 12.0 Å². The molecule has 1 aromatic rings. The lowest BCUT2D eigenvalue weighted by molar-refractivity contribution is 0.414.